The van der Waals surface area contributed by atoms with Gasteiger partial charge in [0.25, 0.3) is 5.91 Å². The van der Waals surface area contributed by atoms with Crippen molar-refractivity contribution < 1.29 is 23.9 Å². The largest absolute Gasteiger partial charge is 0.497 e. The molecule has 8 heteroatoms. The summed E-state index contributed by atoms with van der Waals surface area (Å²) >= 11 is 6.24. The van der Waals surface area contributed by atoms with E-state index in [-0.39, 0.29) is 28.8 Å². The molecule has 0 saturated carbocycles. The van der Waals surface area contributed by atoms with Crippen molar-refractivity contribution in [3.05, 3.63) is 82.4 Å². The Balaban J connectivity index is 1.64. The van der Waals surface area contributed by atoms with Gasteiger partial charge in [-0.15, -0.1) is 0 Å². The predicted molar refractivity (Wildman–Crippen MR) is 141 cm³/mol. The maximum Gasteiger partial charge on any atom is 0.265 e. The highest BCUT2D eigenvalue weighted by molar-refractivity contribution is 6.34. The van der Waals surface area contributed by atoms with Crippen molar-refractivity contribution in [3.63, 3.8) is 0 Å². The molecule has 0 heterocycles. The number of halogens is 1. The lowest BCUT2D eigenvalue weighted by Gasteiger charge is -2.19. The van der Waals surface area contributed by atoms with Crippen LogP contribution in [0.3, 0.4) is 0 Å². The Hall–Kier alpha value is -3.84. The predicted octanol–water partition coefficient (Wildman–Crippen LogP) is 5.97. The van der Waals surface area contributed by atoms with Gasteiger partial charge in [0.15, 0.2) is 11.9 Å². The Kier molecular flexibility index (Phi) is 9.08. The number of hydrogen-bond acceptors (Lipinski definition) is 5. The number of anilines is 2. The van der Waals surface area contributed by atoms with Crippen molar-refractivity contribution in [2.45, 2.75) is 39.7 Å². The molecule has 1 atom stereocenters. The van der Waals surface area contributed by atoms with E-state index in [4.69, 9.17) is 21.1 Å². The number of aryl methyl sites for hydroxylation is 2. The highest BCUT2D eigenvalue weighted by atomic mass is 35.5. The Morgan fingerprint density at radius 2 is 1.67 bits per heavy atom. The Morgan fingerprint density at radius 3 is 2.31 bits per heavy atom. The summed E-state index contributed by atoms with van der Waals surface area (Å²) in [6, 6.07) is 17.0. The highest BCUT2D eigenvalue weighted by Gasteiger charge is 2.20. The standard InChI is InChI=1S/C28H29ClN2O5/c1-5-25(36-26-13-6-17(2)14-18(26)3)28(34)30-20-9-12-22(29)23(15-20)31-27(33)16-24(32)19-7-10-21(35-4)11-8-19/h6-15,25H,5,16H2,1-4H3,(H,30,34)(H,31,33). The van der Waals surface area contributed by atoms with E-state index < -0.39 is 12.0 Å². The molecule has 0 radical (unpaired) electrons. The molecule has 2 N–H and O–H groups in total. The number of methoxy groups -OCH3 is 1. The smallest absolute Gasteiger partial charge is 0.265 e. The minimum absolute atomic E-state index is 0.275. The molecule has 0 fully saturated rings. The molecule has 3 aromatic rings. The van der Waals surface area contributed by atoms with Crippen LogP contribution in [0.15, 0.2) is 60.7 Å². The number of rotatable bonds is 10. The zero-order valence-corrected chi connectivity index (χ0v) is 21.4. The fraction of sp³-hybridized carbons (Fsp3) is 0.250. The van der Waals surface area contributed by atoms with E-state index >= 15 is 0 Å². The molecule has 1 unspecified atom stereocenters. The van der Waals surface area contributed by atoms with Crippen molar-refractivity contribution in [2.75, 3.05) is 17.7 Å². The minimum Gasteiger partial charge on any atom is -0.497 e. The van der Waals surface area contributed by atoms with Gasteiger partial charge in [0.1, 0.15) is 11.5 Å². The third kappa shape index (κ3) is 7.09. The maximum absolute atomic E-state index is 12.9. The number of amides is 2. The summed E-state index contributed by atoms with van der Waals surface area (Å²) < 4.78 is 11.0. The zero-order valence-electron chi connectivity index (χ0n) is 20.7. The van der Waals surface area contributed by atoms with E-state index in [2.05, 4.69) is 10.6 Å². The average molecular weight is 509 g/mol. The van der Waals surface area contributed by atoms with E-state index in [1.54, 1.807) is 42.5 Å². The molecule has 3 aromatic carbocycles. The molecule has 7 nitrogen and oxygen atoms in total. The normalized spacial score (nSPS) is 11.4. The van der Waals surface area contributed by atoms with Gasteiger partial charge in [-0.2, -0.15) is 0 Å². The molecule has 36 heavy (non-hydrogen) atoms. The lowest BCUT2D eigenvalue weighted by atomic mass is 10.1. The number of carbonyl (C=O) groups excluding carboxylic acids is 3. The fourth-order valence-electron chi connectivity index (χ4n) is 3.55. The lowest BCUT2D eigenvalue weighted by molar-refractivity contribution is -0.122. The van der Waals surface area contributed by atoms with Gasteiger partial charge in [0, 0.05) is 11.3 Å². The minimum atomic E-state index is -0.706. The SMILES string of the molecule is CCC(Oc1ccc(C)cc1C)C(=O)Nc1ccc(Cl)c(NC(=O)CC(=O)c2ccc(OC)cc2)c1. The quantitative estimate of drug-likeness (QED) is 0.260. The molecule has 0 aliphatic heterocycles. The van der Waals surface area contributed by atoms with Gasteiger partial charge < -0.3 is 20.1 Å². The maximum atomic E-state index is 12.9. The summed E-state index contributed by atoms with van der Waals surface area (Å²) in [7, 11) is 1.53. The van der Waals surface area contributed by atoms with Crippen LogP contribution < -0.4 is 20.1 Å². The van der Waals surface area contributed by atoms with Gasteiger partial charge in [-0.3, -0.25) is 14.4 Å². The van der Waals surface area contributed by atoms with Crippen LogP contribution >= 0.6 is 11.6 Å². The van der Waals surface area contributed by atoms with Crippen molar-refractivity contribution >= 4 is 40.6 Å². The first-order valence-electron chi connectivity index (χ1n) is 11.5. The molecule has 2 amide bonds. The number of ether oxygens (including phenoxy) is 2. The molecule has 0 saturated heterocycles. The summed E-state index contributed by atoms with van der Waals surface area (Å²) in [5.74, 6) is 0.0715. The molecular formula is C28H29ClN2O5. The van der Waals surface area contributed by atoms with Crippen molar-refractivity contribution in [2.24, 2.45) is 0 Å². The summed E-state index contributed by atoms with van der Waals surface area (Å²) in [6.07, 6.45) is -0.604. The van der Waals surface area contributed by atoms with Crippen LogP contribution in [-0.2, 0) is 9.59 Å². The van der Waals surface area contributed by atoms with Gasteiger partial charge in [0.05, 0.1) is 24.2 Å². The average Bonchev–Trinajstić information content (AvgIpc) is 2.85. The molecule has 0 aliphatic rings. The number of Topliss-reactive ketones (excluding diaryl/α,β-unsaturated/α-hetero) is 1. The second-order valence-electron chi connectivity index (χ2n) is 8.34. The van der Waals surface area contributed by atoms with Gasteiger partial charge in [-0.25, -0.2) is 0 Å². The topological polar surface area (TPSA) is 93.7 Å². The van der Waals surface area contributed by atoms with Crippen LogP contribution in [0.25, 0.3) is 0 Å². The molecule has 0 aliphatic carbocycles. The Labute approximate surface area is 215 Å². The van der Waals surface area contributed by atoms with E-state index in [0.29, 0.717) is 29.2 Å². The van der Waals surface area contributed by atoms with Crippen molar-refractivity contribution in [3.8, 4) is 11.5 Å². The van der Waals surface area contributed by atoms with Crippen LogP contribution in [-0.4, -0.2) is 30.8 Å². The summed E-state index contributed by atoms with van der Waals surface area (Å²) in [6.45, 7) is 5.79. The Morgan fingerprint density at radius 1 is 0.944 bits per heavy atom. The van der Waals surface area contributed by atoms with Crippen LogP contribution in [0.5, 0.6) is 11.5 Å². The van der Waals surface area contributed by atoms with Gasteiger partial charge in [-0.05, 0) is 74.4 Å². The molecule has 188 valence electrons. The number of nitrogens with one attached hydrogen (secondary N) is 2. The van der Waals surface area contributed by atoms with E-state index in [1.165, 1.54) is 7.11 Å². The van der Waals surface area contributed by atoms with Crippen LogP contribution in [0.2, 0.25) is 5.02 Å². The van der Waals surface area contributed by atoms with E-state index in [1.807, 2.05) is 39.0 Å². The lowest BCUT2D eigenvalue weighted by Crippen LogP contribution is -2.32. The van der Waals surface area contributed by atoms with Crippen molar-refractivity contribution in [1.29, 1.82) is 0 Å². The van der Waals surface area contributed by atoms with Crippen LogP contribution in [0.4, 0.5) is 11.4 Å². The zero-order chi connectivity index (χ0) is 26.2. The highest BCUT2D eigenvalue weighted by Crippen LogP contribution is 2.27. The Bertz CT molecular complexity index is 1260. The molecule has 3 rings (SSSR count). The summed E-state index contributed by atoms with van der Waals surface area (Å²) in [5, 5.41) is 5.73. The number of carbonyl (C=O) groups is 3. The van der Waals surface area contributed by atoms with Crippen LogP contribution in [0, 0.1) is 13.8 Å². The van der Waals surface area contributed by atoms with E-state index in [9.17, 15) is 14.4 Å². The third-order valence-corrected chi connectivity index (χ3v) is 5.83. The molecule has 0 spiro atoms. The molecule has 0 aromatic heterocycles. The number of hydrogen-bond donors (Lipinski definition) is 2. The monoisotopic (exact) mass is 508 g/mol. The van der Waals surface area contributed by atoms with Crippen LogP contribution in [0.1, 0.15) is 41.3 Å². The third-order valence-electron chi connectivity index (χ3n) is 5.50. The van der Waals surface area contributed by atoms with E-state index in [0.717, 1.165) is 11.1 Å². The first kappa shape index (κ1) is 26.8. The van der Waals surface area contributed by atoms with Gasteiger partial charge in [-0.1, -0.05) is 36.2 Å². The number of benzene rings is 3. The second kappa shape index (κ2) is 12.2. The molecule has 0 bridgehead atoms. The first-order chi connectivity index (χ1) is 17.2. The number of ketones is 1. The van der Waals surface area contributed by atoms with Gasteiger partial charge >= 0.3 is 0 Å². The first-order valence-corrected chi connectivity index (χ1v) is 11.9. The fourth-order valence-corrected chi connectivity index (χ4v) is 3.71. The van der Waals surface area contributed by atoms with Gasteiger partial charge in [0.2, 0.25) is 5.91 Å². The summed E-state index contributed by atoms with van der Waals surface area (Å²) in [5.41, 5.74) is 3.17. The van der Waals surface area contributed by atoms with Crippen molar-refractivity contribution in [1.82, 2.24) is 0 Å². The summed E-state index contributed by atoms with van der Waals surface area (Å²) in [4.78, 5) is 37.8. The molecular weight excluding hydrogens is 480 g/mol. The second-order valence-corrected chi connectivity index (χ2v) is 8.75.